The molecule has 2 fully saturated rings. The van der Waals surface area contributed by atoms with Crippen LogP contribution in [0.1, 0.15) is 284 Å². The van der Waals surface area contributed by atoms with E-state index >= 15 is 0 Å². The Balaban J connectivity index is 1.23. The topological polar surface area (TPSA) is 36.9 Å². The number of hydrogen-bond donors (Lipinski definition) is 0. The van der Waals surface area contributed by atoms with E-state index in [0.717, 1.165) is 23.0 Å². The Hall–Kier alpha value is -6.18. The van der Waals surface area contributed by atoms with Crippen LogP contribution >= 0.6 is 17.0 Å². The van der Waals surface area contributed by atoms with Crippen molar-refractivity contribution in [2.75, 3.05) is 28.4 Å². The van der Waals surface area contributed by atoms with Crippen molar-refractivity contribution in [1.29, 1.82) is 0 Å². The van der Waals surface area contributed by atoms with Crippen LogP contribution in [0.4, 0.5) is 0 Å². The third-order valence-electron chi connectivity index (χ3n) is 30.3. The van der Waals surface area contributed by atoms with Crippen LogP contribution in [0.5, 0.6) is 23.0 Å². The van der Waals surface area contributed by atoms with E-state index in [-0.39, 0.29) is 67.0 Å². The van der Waals surface area contributed by atoms with Gasteiger partial charge in [-0.25, -0.2) is 0 Å². The second-order valence-electron chi connectivity index (χ2n) is 44.5. The first kappa shape index (κ1) is 85.2. The van der Waals surface area contributed by atoms with Crippen molar-refractivity contribution in [3.05, 3.63) is 304 Å². The van der Waals surface area contributed by atoms with Gasteiger partial charge in [0.25, 0.3) is 0 Å². The van der Waals surface area contributed by atoms with Gasteiger partial charge in [-0.1, -0.05) is 0 Å². The Labute approximate surface area is 702 Å². The molecule has 10 aliphatic rings. The van der Waals surface area contributed by atoms with Crippen molar-refractivity contribution < 1.29 is 33.9 Å². The summed E-state index contributed by atoms with van der Waals surface area (Å²) in [5.41, 5.74) is 28.7. The minimum absolute atomic E-state index is 0.171. The molecule has 8 aliphatic carbocycles. The molecule has 9 heteroatoms. The first-order chi connectivity index (χ1) is 53.1. The molecule has 2 saturated heterocycles. The third-order valence-corrected chi connectivity index (χ3v) is 115. The molecule has 2 heterocycles. The molecule has 4 aromatic carbocycles. The molecule has 0 saturated carbocycles. The van der Waals surface area contributed by atoms with Crippen molar-refractivity contribution in [3.63, 3.8) is 0 Å². The van der Waals surface area contributed by atoms with Crippen LogP contribution in [0.25, 0.3) is 0 Å². The summed E-state index contributed by atoms with van der Waals surface area (Å²) in [5.74, 6) is 3.20. The molecule has 8 atom stereocenters. The van der Waals surface area contributed by atoms with Gasteiger partial charge in [0.2, 0.25) is 0 Å². The molecule has 0 amide bonds. The van der Waals surface area contributed by atoms with Crippen LogP contribution in [0.2, 0.25) is 24.1 Å². The van der Waals surface area contributed by atoms with E-state index in [1.54, 1.807) is 0 Å². The minimum atomic E-state index is -8.04. The van der Waals surface area contributed by atoms with Crippen LogP contribution in [-0.2, 0) is 58.2 Å². The zero-order valence-electron chi connectivity index (χ0n) is 76.5. The second-order valence-corrected chi connectivity index (χ2v) is 84.4. The van der Waals surface area contributed by atoms with Crippen LogP contribution < -0.4 is 18.9 Å². The van der Waals surface area contributed by atoms with Gasteiger partial charge in [-0.2, -0.15) is 0 Å². The standard InChI is InChI=1S/2C53H68O2Si.2ClH.Zr/c2*1-32-26-40-36(34-28-42(50(3,4)5)46(54-15)43(29-34)51(6,7)8)22-18-20-24-38(40)48(32)56(17)49-33(2)27-41-37(23-19-21-25-39(41)49)35-30-44(52(9,10)11)47(55-16)45(31-35)53(12,13)14;;;/h2*18-31,36-37,56H,1-17H3;2*1H;/q;;;;+2/p-2. The SMILES string of the molecule is COc1c(C(C)(C)C)cc(C2C=CC=CC3=C2C=C(C)[C]32[SiH](C)[C]3(C(C)=CC4=C3C=CC=CC4c3cc(C(C)(C)C)c(OC)c(C(C)(C)C)c3)[Zr]23([Cl])([Cl])[C]2(C(C)=CC4=C2C=CC=CC4c2cc(C(C)(C)C)c(OC)c(C(C)(C)C)c2)[SiH](C)[C]32C(C)=CC3=C2C=CC=CC3c2cc(C(C)(C)C)c(OC)c(C(C)(C)C)c2)cc1C(C)(C)C. The van der Waals surface area contributed by atoms with Crippen molar-refractivity contribution in [2.45, 2.75) is 285 Å². The fourth-order valence-electron chi connectivity index (χ4n) is 26.6. The number of benzene rings is 4. The summed E-state index contributed by atoms with van der Waals surface area (Å²) in [6.45, 7) is 72.0. The fourth-order valence-corrected chi connectivity index (χ4v) is 150. The fraction of sp³-hybridized carbons (Fsp3) is 0.472. The molecular weight excluding hydrogens is 1560 g/mol. The summed E-state index contributed by atoms with van der Waals surface area (Å²) in [6.07, 6.45) is 50.2. The normalized spacial score (nSPS) is 29.0. The first-order valence-corrected chi connectivity index (χ1v) is 58.7. The molecule has 610 valence electrons. The summed E-state index contributed by atoms with van der Waals surface area (Å²) < 4.78 is 23.1. The summed E-state index contributed by atoms with van der Waals surface area (Å²) in [4.78, 5) is 0. The van der Waals surface area contributed by atoms with Gasteiger partial charge in [0.15, 0.2) is 0 Å². The van der Waals surface area contributed by atoms with E-state index in [0.29, 0.717) is 0 Å². The molecule has 0 radical (unpaired) electrons. The number of hydrogen-bond acceptors (Lipinski definition) is 4. The third kappa shape index (κ3) is 10.6. The summed E-state index contributed by atoms with van der Waals surface area (Å²) >= 11 is -8.04. The molecule has 115 heavy (non-hydrogen) atoms. The number of ether oxygens (including phenoxy) is 4. The van der Waals surface area contributed by atoms with Crippen LogP contribution in [-0.4, -0.2) is 46.0 Å². The van der Waals surface area contributed by atoms with Gasteiger partial charge < -0.3 is 0 Å². The van der Waals surface area contributed by atoms with E-state index in [1.807, 2.05) is 28.4 Å². The van der Waals surface area contributed by atoms with Crippen LogP contribution in [0.15, 0.2) is 237 Å². The summed E-state index contributed by atoms with van der Waals surface area (Å²) in [5, 5.41) is 0. The van der Waals surface area contributed by atoms with Gasteiger partial charge in [-0.05, 0) is 0 Å². The van der Waals surface area contributed by atoms with Crippen LogP contribution in [0, 0.1) is 0 Å². The summed E-state index contributed by atoms with van der Waals surface area (Å²) in [6, 6.07) is 20.0. The van der Waals surface area contributed by atoms with Gasteiger partial charge in [0, 0.05) is 0 Å². The monoisotopic (exact) mass is 1690 g/mol. The molecule has 0 N–H and O–H groups in total. The second kappa shape index (κ2) is 26.7. The quantitative estimate of drug-likeness (QED) is 0.165. The van der Waals surface area contributed by atoms with E-state index in [4.69, 9.17) is 18.9 Å². The zero-order chi connectivity index (χ0) is 84.7. The van der Waals surface area contributed by atoms with Crippen molar-refractivity contribution in [1.82, 2.24) is 0 Å². The van der Waals surface area contributed by atoms with Gasteiger partial charge >= 0.3 is 709 Å². The molecule has 8 unspecified atom stereocenters. The van der Waals surface area contributed by atoms with Crippen LogP contribution in [0.3, 0.4) is 0 Å². The number of fused-ring (bicyclic) bond motifs is 8. The first-order valence-electron chi connectivity index (χ1n) is 42.9. The molecule has 4 nitrogen and oxygen atoms in total. The van der Waals surface area contributed by atoms with Crippen molar-refractivity contribution in [2.24, 2.45) is 0 Å². The van der Waals surface area contributed by atoms with Crippen molar-refractivity contribution >= 4 is 34.6 Å². The average molecular weight is 1690 g/mol. The van der Waals surface area contributed by atoms with E-state index in [2.05, 4.69) is 377 Å². The predicted octanol–water partition coefficient (Wildman–Crippen LogP) is 29.1. The van der Waals surface area contributed by atoms with Gasteiger partial charge in [0.05, 0.1) is 0 Å². The zero-order valence-corrected chi connectivity index (χ0v) is 82.8. The Morgan fingerprint density at radius 1 is 0.278 bits per heavy atom. The Morgan fingerprint density at radius 2 is 0.435 bits per heavy atom. The van der Waals surface area contributed by atoms with Gasteiger partial charge in [-0.3, -0.25) is 0 Å². The molecule has 0 aromatic heterocycles. The molecule has 2 aliphatic heterocycles. The molecule has 14 rings (SSSR count). The van der Waals surface area contributed by atoms with Gasteiger partial charge in [-0.15, -0.1) is 0 Å². The maximum atomic E-state index is 12.0. The van der Waals surface area contributed by atoms with E-state index < -0.39 is 43.5 Å². The Kier molecular flexibility index (Phi) is 19.8. The average Bonchev–Trinajstić information content (AvgIpc) is 1.47. The molecule has 0 bridgehead atoms. The number of rotatable bonds is 8. The number of methoxy groups -OCH3 is 4. The molecule has 4 aromatic rings. The predicted molar refractivity (Wildman–Crippen MR) is 497 cm³/mol. The maximum absolute atomic E-state index is 12.0. The number of allylic oxidation sites excluding steroid dienone is 32. The van der Waals surface area contributed by atoms with Gasteiger partial charge in [0.1, 0.15) is 0 Å². The Bertz CT molecular complexity index is 4640. The summed E-state index contributed by atoms with van der Waals surface area (Å²) in [7, 11) is 25.8. The Morgan fingerprint density at radius 3 is 0.574 bits per heavy atom. The molecular formula is C106H136Cl2O4Si2Zr. The van der Waals surface area contributed by atoms with E-state index in [1.165, 1.54) is 134 Å². The van der Waals surface area contributed by atoms with Crippen molar-refractivity contribution in [3.8, 4) is 23.0 Å². The van der Waals surface area contributed by atoms with E-state index in [9.17, 15) is 17.0 Å². The number of halogens is 2. The molecule has 5 spiro atoms.